The third-order valence-corrected chi connectivity index (χ3v) is 7.04. The predicted molar refractivity (Wildman–Crippen MR) is 95.6 cm³/mol. The van der Waals surface area contributed by atoms with Gasteiger partial charge in [-0.2, -0.15) is 11.8 Å². The smallest absolute Gasteiger partial charge is 0.263 e. The van der Waals surface area contributed by atoms with E-state index >= 15 is 0 Å². The van der Waals surface area contributed by atoms with Crippen LogP contribution in [0.4, 0.5) is 0 Å². The Kier molecular flexibility index (Phi) is 4.30. The molecule has 2 atom stereocenters. The number of hydrogen-bond acceptors (Lipinski definition) is 4. The van der Waals surface area contributed by atoms with Crippen molar-refractivity contribution < 1.29 is 0 Å². The Morgan fingerprint density at radius 1 is 1.43 bits per heavy atom. The van der Waals surface area contributed by atoms with Crippen LogP contribution in [-0.2, 0) is 0 Å². The van der Waals surface area contributed by atoms with E-state index in [4.69, 9.17) is 12.2 Å². The lowest BCUT2D eigenvalue weighted by atomic mass is 10.2. The molecule has 0 aliphatic heterocycles. The first-order valence-electron chi connectivity index (χ1n) is 7.39. The van der Waals surface area contributed by atoms with Crippen molar-refractivity contribution in [3.63, 3.8) is 0 Å². The number of thiophene rings is 1. The van der Waals surface area contributed by atoms with Crippen LogP contribution in [0.1, 0.15) is 42.7 Å². The van der Waals surface area contributed by atoms with Gasteiger partial charge in [0.15, 0.2) is 4.77 Å². The molecular formula is C15H20N2OS3. The molecule has 0 aromatic carbocycles. The lowest BCUT2D eigenvalue weighted by molar-refractivity contribution is 0.494. The molecule has 0 radical (unpaired) electrons. The number of aryl methyl sites for hydroxylation is 2. The standard InChI is InChI=1S/C15H20N2OS3/c1-4-20-11-6-5-10(7-11)17-14(18)12-8(2)9(3)21-13(12)16-15(17)19/h10-11H,4-7H2,1-3H3,(H,16,19). The fourth-order valence-corrected chi connectivity index (χ4v) is 5.80. The molecule has 0 saturated heterocycles. The van der Waals surface area contributed by atoms with E-state index < -0.39 is 0 Å². The van der Waals surface area contributed by atoms with Crippen LogP contribution in [0.5, 0.6) is 0 Å². The van der Waals surface area contributed by atoms with Crippen LogP contribution in [0.2, 0.25) is 0 Å². The molecule has 3 nitrogen and oxygen atoms in total. The Labute approximate surface area is 137 Å². The van der Waals surface area contributed by atoms with E-state index in [1.165, 1.54) is 11.3 Å². The Morgan fingerprint density at radius 2 is 2.19 bits per heavy atom. The highest BCUT2D eigenvalue weighted by molar-refractivity contribution is 7.99. The van der Waals surface area contributed by atoms with Crippen LogP contribution >= 0.6 is 35.3 Å². The summed E-state index contributed by atoms with van der Waals surface area (Å²) in [5.74, 6) is 1.14. The van der Waals surface area contributed by atoms with Gasteiger partial charge in [-0.25, -0.2) is 0 Å². The summed E-state index contributed by atoms with van der Waals surface area (Å²) in [4.78, 5) is 18.3. The molecular weight excluding hydrogens is 320 g/mol. The monoisotopic (exact) mass is 340 g/mol. The second-order valence-electron chi connectivity index (χ2n) is 5.64. The molecule has 2 heterocycles. The number of fused-ring (bicyclic) bond motifs is 1. The molecule has 2 aromatic heterocycles. The van der Waals surface area contributed by atoms with Gasteiger partial charge in [-0.1, -0.05) is 6.92 Å². The summed E-state index contributed by atoms with van der Waals surface area (Å²) in [5.41, 5.74) is 1.19. The Morgan fingerprint density at radius 3 is 2.90 bits per heavy atom. The number of rotatable bonds is 3. The van der Waals surface area contributed by atoms with Crippen molar-refractivity contribution in [1.82, 2.24) is 9.55 Å². The van der Waals surface area contributed by atoms with Crippen molar-refractivity contribution in [2.75, 3.05) is 5.75 Å². The van der Waals surface area contributed by atoms with Crippen molar-refractivity contribution in [3.05, 3.63) is 25.6 Å². The van der Waals surface area contributed by atoms with Gasteiger partial charge in [-0.3, -0.25) is 9.36 Å². The van der Waals surface area contributed by atoms with Crippen LogP contribution < -0.4 is 5.56 Å². The molecule has 21 heavy (non-hydrogen) atoms. The number of H-pyrrole nitrogens is 1. The first-order chi connectivity index (χ1) is 10.0. The van der Waals surface area contributed by atoms with Crippen molar-refractivity contribution >= 4 is 45.5 Å². The highest BCUT2D eigenvalue weighted by Gasteiger charge is 2.28. The van der Waals surface area contributed by atoms with E-state index in [0.29, 0.717) is 10.0 Å². The Balaban J connectivity index is 2.09. The van der Waals surface area contributed by atoms with Crippen LogP contribution in [0.15, 0.2) is 4.79 Å². The van der Waals surface area contributed by atoms with Gasteiger partial charge in [-0.15, -0.1) is 11.3 Å². The number of thioether (sulfide) groups is 1. The van der Waals surface area contributed by atoms with E-state index in [1.54, 1.807) is 11.3 Å². The van der Waals surface area contributed by atoms with E-state index in [2.05, 4.69) is 18.8 Å². The number of hydrogen-bond donors (Lipinski definition) is 1. The SMILES string of the molecule is CCSC1CCC(n2c(=S)[nH]c3sc(C)c(C)c3c2=O)C1. The molecule has 1 fully saturated rings. The molecule has 1 aliphatic carbocycles. The van der Waals surface area contributed by atoms with E-state index in [-0.39, 0.29) is 11.6 Å². The number of nitrogens with zero attached hydrogens (tertiary/aromatic N) is 1. The van der Waals surface area contributed by atoms with Crippen molar-refractivity contribution in [2.45, 2.75) is 51.3 Å². The molecule has 1 saturated carbocycles. The number of aromatic amines is 1. The minimum Gasteiger partial charge on any atom is -0.323 e. The lowest BCUT2D eigenvalue weighted by Gasteiger charge is -2.14. The highest BCUT2D eigenvalue weighted by atomic mass is 32.2. The first kappa shape index (κ1) is 15.3. The van der Waals surface area contributed by atoms with Gasteiger partial charge in [-0.05, 0) is 56.6 Å². The van der Waals surface area contributed by atoms with Gasteiger partial charge in [0.2, 0.25) is 0 Å². The molecule has 0 spiro atoms. The molecule has 0 amide bonds. The second-order valence-corrected chi connectivity index (χ2v) is 8.83. The fourth-order valence-electron chi connectivity index (χ4n) is 3.21. The number of nitrogens with one attached hydrogen (secondary N) is 1. The van der Waals surface area contributed by atoms with E-state index in [9.17, 15) is 4.79 Å². The number of aromatic nitrogens is 2. The zero-order chi connectivity index (χ0) is 15.1. The van der Waals surface area contributed by atoms with Crippen LogP contribution in [0.3, 0.4) is 0 Å². The minimum atomic E-state index is 0.0998. The van der Waals surface area contributed by atoms with E-state index in [1.807, 2.05) is 23.3 Å². The van der Waals surface area contributed by atoms with Gasteiger partial charge in [0, 0.05) is 16.2 Å². The molecule has 2 aromatic rings. The average molecular weight is 341 g/mol. The maximum atomic E-state index is 12.9. The summed E-state index contributed by atoms with van der Waals surface area (Å²) in [6.07, 6.45) is 3.30. The summed E-state index contributed by atoms with van der Waals surface area (Å²) in [5, 5.41) is 1.50. The fraction of sp³-hybridized carbons (Fsp3) is 0.600. The summed E-state index contributed by atoms with van der Waals surface area (Å²) in [6, 6.07) is 0.259. The quantitative estimate of drug-likeness (QED) is 0.831. The normalized spacial score (nSPS) is 22.2. The van der Waals surface area contributed by atoms with Crippen molar-refractivity contribution in [2.24, 2.45) is 0 Å². The minimum absolute atomic E-state index is 0.0998. The zero-order valence-electron chi connectivity index (χ0n) is 12.6. The van der Waals surface area contributed by atoms with Crippen LogP contribution in [0, 0.1) is 18.6 Å². The highest BCUT2D eigenvalue weighted by Crippen LogP contribution is 2.37. The van der Waals surface area contributed by atoms with Gasteiger partial charge in [0.05, 0.1) is 5.39 Å². The Hall–Kier alpha value is -0.590. The van der Waals surface area contributed by atoms with Gasteiger partial charge in [0.1, 0.15) is 4.83 Å². The van der Waals surface area contributed by atoms with Crippen LogP contribution in [-0.4, -0.2) is 20.6 Å². The first-order valence-corrected chi connectivity index (χ1v) is 9.66. The summed E-state index contributed by atoms with van der Waals surface area (Å²) in [6.45, 7) is 6.28. The third kappa shape index (κ3) is 2.62. The predicted octanol–water partition coefficient (Wildman–Crippen LogP) is 4.58. The van der Waals surface area contributed by atoms with E-state index in [0.717, 1.165) is 34.4 Å². The maximum absolute atomic E-state index is 12.9. The summed E-state index contributed by atoms with van der Waals surface area (Å²) < 4.78 is 2.42. The summed E-state index contributed by atoms with van der Waals surface area (Å²) >= 11 is 9.10. The zero-order valence-corrected chi connectivity index (χ0v) is 15.0. The lowest BCUT2D eigenvalue weighted by Crippen LogP contribution is -2.25. The maximum Gasteiger partial charge on any atom is 0.263 e. The van der Waals surface area contributed by atoms with Crippen molar-refractivity contribution in [1.29, 1.82) is 0 Å². The molecule has 6 heteroatoms. The topological polar surface area (TPSA) is 37.8 Å². The second kappa shape index (κ2) is 5.89. The molecule has 1 N–H and O–H groups in total. The van der Waals surface area contributed by atoms with Crippen LogP contribution in [0.25, 0.3) is 10.2 Å². The van der Waals surface area contributed by atoms with Gasteiger partial charge < -0.3 is 4.98 Å². The largest absolute Gasteiger partial charge is 0.323 e. The third-order valence-electron chi connectivity index (χ3n) is 4.38. The molecule has 0 bridgehead atoms. The summed E-state index contributed by atoms with van der Waals surface area (Å²) in [7, 11) is 0. The molecule has 2 unspecified atom stereocenters. The molecule has 1 aliphatic rings. The molecule has 114 valence electrons. The Bertz CT molecular complexity index is 787. The average Bonchev–Trinajstić information content (AvgIpc) is 2.96. The van der Waals surface area contributed by atoms with Gasteiger partial charge >= 0.3 is 0 Å². The van der Waals surface area contributed by atoms with Gasteiger partial charge in [0.25, 0.3) is 5.56 Å². The molecule has 3 rings (SSSR count). The van der Waals surface area contributed by atoms with Crippen molar-refractivity contribution in [3.8, 4) is 0 Å².